The van der Waals surface area contributed by atoms with Gasteiger partial charge in [0.05, 0.1) is 39.0 Å². The first-order valence-corrected chi connectivity index (χ1v) is 17.6. The third-order valence-corrected chi connectivity index (χ3v) is 12.2. The van der Waals surface area contributed by atoms with E-state index in [1.54, 1.807) is 23.5 Å². The minimum Gasteiger partial charge on any atom is -0.460 e. The van der Waals surface area contributed by atoms with Crippen molar-refractivity contribution in [3.8, 4) is 5.75 Å². The summed E-state index contributed by atoms with van der Waals surface area (Å²) < 4.78 is 11.8. The van der Waals surface area contributed by atoms with E-state index in [-0.39, 0.29) is 41.0 Å². The number of aliphatic imine (C=N–C) groups is 2. The Labute approximate surface area is 258 Å². The normalized spacial score (nSPS) is 25.1. The minimum absolute atomic E-state index is 0.0399. The number of nitrogens with zero attached hydrogens (tertiary/aromatic N) is 3. The van der Waals surface area contributed by atoms with Gasteiger partial charge in [0.2, 0.25) is 0 Å². The van der Waals surface area contributed by atoms with Crippen molar-refractivity contribution in [2.45, 2.75) is 103 Å². The zero-order chi connectivity index (χ0) is 29.9. The molecule has 4 atom stereocenters. The zero-order valence-electron chi connectivity index (χ0n) is 25.7. The molecular formula is C31H45N3O4S3. The van der Waals surface area contributed by atoms with Gasteiger partial charge in [0.15, 0.2) is 0 Å². The molecule has 3 aliphatic heterocycles. The molecule has 0 amide bonds. The van der Waals surface area contributed by atoms with E-state index in [4.69, 9.17) is 19.5 Å². The van der Waals surface area contributed by atoms with E-state index in [1.807, 2.05) is 23.9 Å². The molecule has 0 bridgehead atoms. The molecule has 226 valence electrons. The third kappa shape index (κ3) is 7.54. The molecular weight excluding hydrogens is 575 g/mol. The number of hydrogen-bond acceptors (Lipinski definition) is 10. The molecule has 1 saturated heterocycles. The second-order valence-electron chi connectivity index (χ2n) is 12.4. The van der Waals surface area contributed by atoms with Crippen LogP contribution in [0, 0.1) is 5.41 Å². The van der Waals surface area contributed by atoms with E-state index in [9.17, 15) is 9.59 Å². The Balaban J connectivity index is 1.59. The maximum atomic E-state index is 12.3. The molecule has 4 unspecified atom stereocenters. The molecule has 7 nitrogen and oxygen atoms in total. The first-order valence-electron chi connectivity index (χ1n) is 14.6. The van der Waals surface area contributed by atoms with E-state index in [0.717, 1.165) is 58.6 Å². The van der Waals surface area contributed by atoms with Crippen molar-refractivity contribution >= 4 is 57.3 Å². The van der Waals surface area contributed by atoms with Gasteiger partial charge < -0.3 is 9.47 Å². The highest BCUT2D eigenvalue weighted by Crippen LogP contribution is 2.45. The molecule has 0 N–H and O–H groups in total. The van der Waals surface area contributed by atoms with Crippen LogP contribution in [0.2, 0.25) is 0 Å². The van der Waals surface area contributed by atoms with E-state index in [1.165, 1.54) is 19.4 Å². The van der Waals surface area contributed by atoms with E-state index in [0.29, 0.717) is 5.75 Å². The van der Waals surface area contributed by atoms with Crippen LogP contribution in [0.15, 0.2) is 28.2 Å². The zero-order valence-corrected chi connectivity index (χ0v) is 28.1. The molecule has 10 heteroatoms. The average molecular weight is 620 g/mol. The molecule has 0 aromatic heterocycles. The van der Waals surface area contributed by atoms with Gasteiger partial charge in [-0.2, -0.15) is 0 Å². The summed E-state index contributed by atoms with van der Waals surface area (Å²) in [5, 5.41) is 2.16. The van der Waals surface area contributed by atoms with E-state index < -0.39 is 5.41 Å². The highest BCUT2D eigenvalue weighted by Gasteiger charge is 2.51. The van der Waals surface area contributed by atoms with Crippen LogP contribution in [-0.4, -0.2) is 80.3 Å². The number of carbonyl (C=O) groups is 2. The van der Waals surface area contributed by atoms with E-state index in [2.05, 4.69) is 52.6 Å². The highest BCUT2D eigenvalue weighted by molar-refractivity contribution is 8.15. The summed E-state index contributed by atoms with van der Waals surface area (Å²) in [5.74, 6) is 2.65. The monoisotopic (exact) mass is 619 g/mol. The summed E-state index contributed by atoms with van der Waals surface area (Å²) in [6.45, 7) is 13.8. The number of benzene rings is 1. The van der Waals surface area contributed by atoms with Gasteiger partial charge in [-0.1, -0.05) is 45.7 Å². The number of carbonyl (C=O) groups excluding carboxylic acids is 2. The van der Waals surface area contributed by atoms with Gasteiger partial charge in [-0.3, -0.25) is 24.5 Å². The minimum atomic E-state index is -0.409. The lowest BCUT2D eigenvalue weighted by Gasteiger charge is -2.40. The Kier molecular flexibility index (Phi) is 10.6. The number of unbranched alkanes of at least 4 members (excludes halogenated alkanes) is 2. The summed E-state index contributed by atoms with van der Waals surface area (Å²) >= 11 is 5.41. The van der Waals surface area contributed by atoms with Crippen molar-refractivity contribution in [2.75, 3.05) is 24.3 Å². The first-order chi connectivity index (χ1) is 19.3. The summed E-state index contributed by atoms with van der Waals surface area (Å²) in [4.78, 5) is 36.9. The molecule has 1 aromatic rings. The second-order valence-corrected chi connectivity index (χ2v) is 15.5. The Morgan fingerprint density at radius 1 is 1.15 bits per heavy atom. The topological polar surface area (TPSA) is 80.6 Å². The maximum Gasteiger partial charge on any atom is 0.308 e. The molecule has 0 aliphatic carbocycles. The van der Waals surface area contributed by atoms with Crippen LogP contribution in [0.4, 0.5) is 0 Å². The predicted octanol–water partition coefficient (Wildman–Crippen LogP) is 6.46. The Morgan fingerprint density at radius 3 is 2.54 bits per heavy atom. The molecule has 41 heavy (non-hydrogen) atoms. The van der Waals surface area contributed by atoms with Crippen molar-refractivity contribution in [3.05, 3.63) is 29.3 Å². The maximum absolute atomic E-state index is 12.3. The highest BCUT2D eigenvalue weighted by atomic mass is 32.2. The van der Waals surface area contributed by atoms with Crippen molar-refractivity contribution in [2.24, 2.45) is 15.4 Å². The molecule has 0 spiro atoms. The fraction of sp³-hybridized carbons (Fsp3) is 0.677. The largest absolute Gasteiger partial charge is 0.460 e. The van der Waals surface area contributed by atoms with E-state index >= 15 is 0 Å². The molecule has 3 aliphatic rings. The lowest BCUT2D eigenvalue weighted by molar-refractivity contribution is -0.154. The van der Waals surface area contributed by atoms with Crippen molar-refractivity contribution in [3.63, 3.8) is 0 Å². The van der Waals surface area contributed by atoms with Crippen molar-refractivity contribution < 1.29 is 19.1 Å². The summed E-state index contributed by atoms with van der Waals surface area (Å²) in [6.07, 6.45) is 4.01. The number of rotatable bonds is 11. The fourth-order valence-corrected chi connectivity index (χ4v) is 9.95. The molecule has 3 heterocycles. The summed E-state index contributed by atoms with van der Waals surface area (Å²) in [5.41, 5.74) is 1.63. The van der Waals surface area contributed by atoms with Crippen LogP contribution in [0.3, 0.4) is 0 Å². The number of likely N-dealkylation sites (N-methyl/N-ethyl adjacent to an activating group) is 1. The quantitative estimate of drug-likeness (QED) is 0.159. The Hall–Kier alpha value is -1.49. The van der Waals surface area contributed by atoms with Crippen molar-refractivity contribution in [1.82, 2.24) is 4.90 Å². The fourth-order valence-electron chi connectivity index (χ4n) is 5.73. The number of esters is 2. The van der Waals surface area contributed by atoms with Crippen LogP contribution in [0.5, 0.6) is 5.75 Å². The second kappa shape index (κ2) is 13.4. The Morgan fingerprint density at radius 2 is 1.90 bits per heavy atom. The molecule has 0 radical (unpaired) electrons. The van der Waals surface area contributed by atoms with Gasteiger partial charge in [0, 0.05) is 31.1 Å². The standard InChI is InChI=1S/C31H45N3O4S3/c1-9-10-11-13-21-14-12-15-24(37-19(2)35)25(21)27-32-22(16-39-27)28-34(8)23(17-40-28)26(38-20(3)36)31(6,7)29-33-30(4,5)18-41-29/h12,14-15,22-23,26,28H,9-11,13,16-18H2,1-8H3. The smallest absolute Gasteiger partial charge is 0.308 e. The van der Waals surface area contributed by atoms with Crippen LogP contribution in [0.1, 0.15) is 78.9 Å². The third-order valence-electron chi connectivity index (χ3n) is 7.87. The van der Waals surface area contributed by atoms with Gasteiger partial charge in [-0.25, -0.2) is 0 Å². The number of ether oxygens (including phenoxy) is 2. The van der Waals surface area contributed by atoms with Gasteiger partial charge in [-0.05, 0) is 45.4 Å². The predicted molar refractivity (Wildman–Crippen MR) is 175 cm³/mol. The lowest BCUT2D eigenvalue weighted by Crippen LogP contribution is -2.53. The number of aryl methyl sites for hydroxylation is 1. The molecule has 0 saturated carbocycles. The number of hydrogen-bond donors (Lipinski definition) is 0. The number of thioether (sulfide) groups is 3. The average Bonchev–Trinajstić information content (AvgIpc) is 3.61. The molecule has 1 fully saturated rings. The lowest BCUT2D eigenvalue weighted by atomic mass is 9.82. The molecule has 1 aromatic carbocycles. The first kappa shape index (κ1) is 32.4. The summed E-state index contributed by atoms with van der Waals surface area (Å²) in [6, 6.07) is 6.09. The van der Waals surface area contributed by atoms with Crippen LogP contribution in [-0.2, 0) is 20.7 Å². The van der Waals surface area contributed by atoms with Crippen LogP contribution < -0.4 is 4.74 Å². The Bertz CT molecular complexity index is 1200. The van der Waals surface area contributed by atoms with Gasteiger partial charge >= 0.3 is 11.9 Å². The van der Waals surface area contributed by atoms with Gasteiger partial charge in [-0.15, -0.1) is 35.3 Å². The van der Waals surface area contributed by atoms with Gasteiger partial charge in [0.25, 0.3) is 0 Å². The van der Waals surface area contributed by atoms with Crippen LogP contribution >= 0.6 is 35.3 Å². The van der Waals surface area contributed by atoms with Gasteiger partial charge in [0.1, 0.15) is 16.9 Å². The van der Waals surface area contributed by atoms with Crippen molar-refractivity contribution in [1.29, 1.82) is 0 Å². The molecule has 4 rings (SSSR count). The van der Waals surface area contributed by atoms with Crippen LogP contribution in [0.25, 0.3) is 0 Å². The SMILES string of the molecule is CCCCCc1cccc(OC(C)=O)c1C1=NC(C2SCC(C(OC(C)=O)C(C)(C)C3=NC(C)(C)CS3)N2C)CS1. The summed E-state index contributed by atoms with van der Waals surface area (Å²) in [7, 11) is 2.14.